The maximum absolute atomic E-state index is 5.77. The van der Waals surface area contributed by atoms with Crippen LogP contribution in [-0.4, -0.2) is 95.5 Å². The number of anilines is 1. The molecule has 0 aromatic carbocycles. The first kappa shape index (κ1) is 96.2. The molecule has 478 valence electrons. The summed E-state index contributed by atoms with van der Waals surface area (Å²) in [7, 11) is 78.8. The van der Waals surface area contributed by atoms with Gasteiger partial charge in [0, 0.05) is 26.2 Å². The Morgan fingerprint density at radius 2 is 0.671 bits per heavy atom. The summed E-state index contributed by atoms with van der Waals surface area (Å²) in [5.74, 6) is 0.957. The Morgan fingerprint density at radius 1 is 0.402 bits per heavy atom. The van der Waals surface area contributed by atoms with Crippen LogP contribution in [0, 0.1) is 0 Å². The number of rotatable bonds is 24. The molecule has 0 radical (unpaired) electrons. The molecular formula is C26H86Br3N7O2P44. The van der Waals surface area contributed by atoms with Gasteiger partial charge < -0.3 is 24.6 Å². The third kappa shape index (κ3) is 36.1. The predicted octanol–water partition coefficient (Wildman–Crippen LogP) is 30.7. The van der Waals surface area contributed by atoms with E-state index in [4.69, 9.17) is 9.47 Å². The van der Waals surface area contributed by atoms with Crippen LogP contribution >= 0.6 is 400 Å². The molecule has 0 amide bonds. The number of hydrogen-bond donors (Lipinski definition) is 1. The van der Waals surface area contributed by atoms with Gasteiger partial charge in [-0.3, -0.25) is 0 Å². The van der Waals surface area contributed by atoms with Gasteiger partial charge in [-0.05, 0) is 264 Å². The third-order valence-electron chi connectivity index (χ3n) is 10.6. The molecule has 2 aromatic heterocycles. The normalized spacial score (nSPS) is 20.0. The summed E-state index contributed by atoms with van der Waals surface area (Å²) in [5, 5.41) is 18.9. The second kappa shape index (κ2) is 53.9. The van der Waals surface area contributed by atoms with Crippen LogP contribution in [0.25, 0.3) is 0 Å². The van der Waals surface area contributed by atoms with Crippen molar-refractivity contribution < 1.29 is 9.47 Å². The molecule has 0 spiro atoms. The number of nitrogens with one attached hydrogen (secondary N) is 1. The average molecular weight is 2130 g/mol. The van der Waals surface area contributed by atoms with E-state index in [1.165, 1.54) is 45.3 Å². The van der Waals surface area contributed by atoms with Gasteiger partial charge in [0.15, 0.2) is 5.82 Å². The molecule has 56 heteroatoms. The molecule has 29 unspecified atom stereocenters. The van der Waals surface area contributed by atoms with Gasteiger partial charge in [0.1, 0.15) is 13.8 Å². The molecule has 4 bridgehead atoms. The second-order valence-electron chi connectivity index (χ2n) is 16.4. The Labute approximate surface area is 597 Å². The molecule has 2 aromatic rings. The van der Waals surface area contributed by atoms with Crippen molar-refractivity contribution in [3.8, 4) is 0 Å². The van der Waals surface area contributed by atoms with Crippen LogP contribution in [0.2, 0.25) is 0 Å². The fourth-order valence-electron chi connectivity index (χ4n) is 7.23. The molecule has 4 fully saturated rings. The standard InChI is InChI=1S/C10H12BrN3O.C6H11NO.C6H15N.C4H2Br2N2.H46P44/c11-9-3-4-10(13-12-9)14-5-7-1-2-8(6-14)15-7;1-2-6-4-7-3-5(1)8-6;1-4-7(5-2)6-3;5-3-1-2-4(6)8-7-3;1-24(2)35(23)41(36(25(3)4)26(5)6)44(42(37(27(7)8)28(9)10)38(29(11)12)30(13)14)43(39(31(15)16)32(17)18)40(33(19)20)34(21)22/h3-4,7-8H,1-2,5-6H2;5-7H,1-4H2;4-6H2,1-3H3;1-2H;1-23H2. The van der Waals surface area contributed by atoms with Crippen LogP contribution < -0.4 is 10.2 Å². The molecule has 6 heterocycles. The summed E-state index contributed by atoms with van der Waals surface area (Å²) < 4.78 is 13.6. The summed E-state index contributed by atoms with van der Waals surface area (Å²) in [6.07, 6.45) is 6.82. The lowest BCUT2D eigenvalue weighted by atomic mass is 10.2. The molecule has 6 rings (SSSR count). The zero-order valence-corrected chi connectivity index (χ0v) is 95.3. The molecule has 0 saturated carbocycles. The molecule has 4 saturated heterocycles. The smallest absolute Gasteiger partial charge is 0.151 e. The van der Waals surface area contributed by atoms with Crippen molar-refractivity contribution in [3.05, 3.63) is 38.1 Å². The fourth-order valence-corrected chi connectivity index (χ4v) is 611. The molecule has 0 aliphatic carbocycles. The third-order valence-corrected chi connectivity index (χ3v) is 313. The molecule has 4 aliphatic rings. The van der Waals surface area contributed by atoms with Crippen LogP contribution in [0.1, 0.15) is 46.5 Å². The SMILES string of the molecule is Brc1ccc(Br)nn1.Brc1ccc(N2CC3CCC(C2)O3)nn1.C1CC2CNCC1O2.CCN(CC)CC.PP(P)P(P)P(P(P(P)P)P(P)P)P(P(P(P(P)P)P(P)P)P(P(P)P)P(P)P)P(P(P(P)P)P(P)P)P(P(P)P)P(P)P. The first-order valence-corrected chi connectivity index (χ1v) is 105. The van der Waals surface area contributed by atoms with Crippen molar-refractivity contribution in [2.45, 2.75) is 70.9 Å². The van der Waals surface area contributed by atoms with E-state index in [0.717, 1.165) is 45.8 Å². The summed E-state index contributed by atoms with van der Waals surface area (Å²) >= 11 is 9.59. The quantitative estimate of drug-likeness (QED) is 0.103. The number of hydrogen-bond acceptors (Lipinski definition) is 9. The maximum atomic E-state index is 5.77. The van der Waals surface area contributed by atoms with E-state index in [-0.39, 0.29) is 147 Å². The van der Waals surface area contributed by atoms with Gasteiger partial charge in [0.2, 0.25) is 0 Å². The van der Waals surface area contributed by atoms with Crippen molar-refractivity contribution in [1.29, 1.82) is 0 Å². The Balaban J connectivity index is 0.000000469. The van der Waals surface area contributed by atoms with Gasteiger partial charge >= 0.3 is 0 Å². The lowest BCUT2D eigenvalue weighted by Crippen LogP contribution is -2.43. The monoisotopic (exact) mass is 2130 g/mol. The average Bonchev–Trinajstić information content (AvgIpc) is 4.04. The van der Waals surface area contributed by atoms with E-state index >= 15 is 0 Å². The van der Waals surface area contributed by atoms with Crippen molar-refractivity contribution in [2.75, 3.05) is 50.7 Å². The van der Waals surface area contributed by atoms with E-state index in [1.54, 1.807) is 0 Å². The van der Waals surface area contributed by atoms with E-state index < -0.39 is 0 Å². The highest BCUT2D eigenvalue weighted by molar-refractivity contribution is 9.50. The summed E-state index contributed by atoms with van der Waals surface area (Å²) in [6, 6.07) is 7.57. The van der Waals surface area contributed by atoms with Crippen LogP contribution in [0.3, 0.4) is 0 Å². The van der Waals surface area contributed by atoms with Gasteiger partial charge in [-0.2, -0.15) is 0 Å². The number of morpholine rings is 2. The van der Waals surface area contributed by atoms with Crippen molar-refractivity contribution in [1.82, 2.24) is 30.6 Å². The minimum atomic E-state index is -0.154. The van der Waals surface area contributed by atoms with E-state index in [2.05, 4.69) is 309 Å². The van der Waals surface area contributed by atoms with Crippen LogP contribution in [0.15, 0.2) is 38.1 Å². The summed E-state index contributed by atoms with van der Waals surface area (Å²) in [4.78, 5) is 4.64. The van der Waals surface area contributed by atoms with Gasteiger partial charge in [-0.15, -0.1) is 226 Å². The highest BCUT2D eigenvalue weighted by Crippen LogP contribution is 3.44. The summed E-state index contributed by atoms with van der Waals surface area (Å²) in [6.45, 7) is 11.6. The number of fused-ring (bicyclic) bond motifs is 4. The van der Waals surface area contributed by atoms with Gasteiger partial charge in [-0.25, -0.2) is 0 Å². The predicted molar refractivity (Wildman–Crippen MR) is 530 cm³/mol. The topological polar surface area (TPSA) is 88.5 Å². The Morgan fingerprint density at radius 3 is 0.915 bits per heavy atom. The van der Waals surface area contributed by atoms with Crippen molar-refractivity contribution >= 4 is 406 Å². The first-order chi connectivity index (χ1) is 38.3. The van der Waals surface area contributed by atoms with Crippen molar-refractivity contribution in [3.63, 3.8) is 0 Å². The highest BCUT2D eigenvalue weighted by atomic mass is 79.9. The molecule has 9 nitrogen and oxygen atoms in total. The largest absolute Gasteiger partial charge is 0.372 e. The molecule has 82 heavy (non-hydrogen) atoms. The number of aromatic nitrogens is 4. The maximum Gasteiger partial charge on any atom is 0.151 e. The zero-order chi connectivity index (χ0) is 62.5. The second-order valence-corrected chi connectivity index (χ2v) is 199. The minimum Gasteiger partial charge on any atom is -0.372 e. The zero-order valence-electron chi connectivity index (χ0n) is 45.2. The van der Waals surface area contributed by atoms with Crippen LogP contribution in [0.5, 0.6) is 0 Å². The minimum absolute atomic E-state index is 0.0762. The highest BCUT2D eigenvalue weighted by Gasteiger charge is 2.57. The molecular weight excluding hydrogens is 2040 g/mol. The van der Waals surface area contributed by atoms with E-state index in [9.17, 15) is 0 Å². The first-order valence-electron chi connectivity index (χ1n) is 23.5. The molecule has 1 N–H and O–H groups in total. The molecule has 4 aliphatic heterocycles. The number of nitrogens with zero attached hydrogens (tertiary/aromatic N) is 6. The molecule has 29 atom stereocenters. The Kier molecular flexibility index (Phi) is 63.2. The fraction of sp³-hybridized carbons (Fsp3) is 0.692. The Hall–Kier alpha value is 18.2. The number of ether oxygens (including phenoxy) is 2. The van der Waals surface area contributed by atoms with Gasteiger partial charge in [-0.1, -0.05) is 20.8 Å². The lowest BCUT2D eigenvalue weighted by molar-refractivity contribution is 0.0184. The van der Waals surface area contributed by atoms with E-state index in [1.807, 2.05) is 24.3 Å². The van der Waals surface area contributed by atoms with E-state index in [0.29, 0.717) is 24.4 Å². The summed E-state index contributed by atoms with van der Waals surface area (Å²) in [5.41, 5.74) is 0. The number of halogens is 3. The van der Waals surface area contributed by atoms with Gasteiger partial charge in [0.05, 0.1) is 24.4 Å². The van der Waals surface area contributed by atoms with Crippen LogP contribution in [-0.2, 0) is 9.47 Å². The van der Waals surface area contributed by atoms with Gasteiger partial charge in [0.25, 0.3) is 0 Å². The lowest BCUT2D eigenvalue weighted by Gasteiger charge is -2.57. The Bertz CT molecular complexity index is 1830. The van der Waals surface area contributed by atoms with Crippen LogP contribution in [0.4, 0.5) is 5.82 Å². The van der Waals surface area contributed by atoms with Crippen molar-refractivity contribution in [2.24, 2.45) is 0 Å².